The Morgan fingerprint density at radius 2 is 1.80 bits per heavy atom. The number of carboxylic acid groups (broad SMARTS) is 1. The van der Waals surface area contributed by atoms with Crippen LogP contribution in [-0.2, 0) is 4.79 Å². The molecule has 0 unspecified atom stereocenters. The minimum Gasteiger partial charge on any atom is -0.480 e. The Morgan fingerprint density at radius 1 is 1.20 bits per heavy atom. The topological polar surface area (TPSA) is 57.6 Å². The van der Waals surface area contributed by atoms with Gasteiger partial charge < -0.3 is 10.0 Å². The molecule has 4 nitrogen and oxygen atoms in total. The van der Waals surface area contributed by atoms with E-state index in [0.717, 1.165) is 6.08 Å². The number of rotatable bonds is 5. The molecule has 0 aliphatic heterocycles. The summed E-state index contributed by atoms with van der Waals surface area (Å²) < 4.78 is 52.2. The Balaban J connectivity index is 3.24. The van der Waals surface area contributed by atoms with E-state index in [2.05, 4.69) is 6.58 Å². The third-order valence-electron chi connectivity index (χ3n) is 2.30. The molecule has 1 aromatic carbocycles. The van der Waals surface area contributed by atoms with Crippen LogP contribution in [0.1, 0.15) is 10.4 Å². The first-order valence-electron chi connectivity index (χ1n) is 5.24. The van der Waals surface area contributed by atoms with Gasteiger partial charge in [-0.25, -0.2) is 17.6 Å². The first-order valence-corrected chi connectivity index (χ1v) is 5.24. The fourth-order valence-electron chi connectivity index (χ4n) is 1.44. The number of carboxylic acids is 1. The number of benzene rings is 1. The lowest BCUT2D eigenvalue weighted by Crippen LogP contribution is -2.36. The number of nitrogens with zero attached hydrogens (tertiary/aromatic N) is 1. The number of carbonyl (C=O) groups excluding carboxylic acids is 1. The van der Waals surface area contributed by atoms with Crippen LogP contribution in [0.2, 0.25) is 0 Å². The molecular formula is C12H9F4NO3. The van der Waals surface area contributed by atoms with Gasteiger partial charge in [-0.05, 0) is 6.07 Å². The average Bonchev–Trinajstić information content (AvgIpc) is 2.39. The fraction of sp³-hybridized carbons (Fsp3) is 0.167. The Hall–Kier alpha value is -2.38. The van der Waals surface area contributed by atoms with E-state index in [1.165, 1.54) is 0 Å². The first kappa shape index (κ1) is 15.7. The van der Waals surface area contributed by atoms with Gasteiger partial charge in [0.05, 0.1) is 5.56 Å². The van der Waals surface area contributed by atoms with Gasteiger partial charge in [0.15, 0.2) is 23.3 Å². The van der Waals surface area contributed by atoms with Crippen molar-refractivity contribution in [3.05, 3.63) is 47.6 Å². The minimum absolute atomic E-state index is 0.175. The molecule has 108 valence electrons. The number of halogens is 4. The number of carbonyl (C=O) groups is 2. The monoisotopic (exact) mass is 291 g/mol. The van der Waals surface area contributed by atoms with Gasteiger partial charge in [-0.3, -0.25) is 9.59 Å². The molecule has 1 rings (SSSR count). The van der Waals surface area contributed by atoms with E-state index in [9.17, 15) is 27.2 Å². The van der Waals surface area contributed by atoms with Crippen LogP contribution in [0.3, 0.4) is 0 Å². The molecule has 0 radical (unpaired) electrons. The second kappa shape index (κ2) is 6.18. The predicted molar refractivity (Wildman–Crippen MR) is 60.0 cm³/mol. The predicted octanol–water partition coefficient (Wildman–Crippen LogP) is 1.96. The van der Waals surface area contributed by atoms with E-state index in [1.54, 1.807) is 0 Å². The maximum absolute atomic E-state index is 13.4. The van der Waals surface area contributed by atoms with Crippen molar-refractivity contribution in [2.24, 2.45) is 0 Å². The highest BCUT2D eigenvalue weighted by molar-refractivity contribution is 5.96. The second-order valence-electron chi connectivity index (χ2n) is 3.72. The van der Waals surface area contributed by atoms with Gasteiger partial charge in [0, 0.05) is 6.54 Å². The first-order chi connectivity index (χ1) is 9.29. The van der Waals surface area contributed by atoms with Gasteiger partial charge in [0.25, 0.3) is 5.91 Å². The molecule has 1 amide bonds. The summed E-state index contributed by atoms with van der Waals surface area (Å²) in [7, 11) is 0. The van der Waals surface area contributed by atoms with Crippen molar-refractivity contribution in [1.82, 2.24) is 4.90 Å². The lowest BCUT2D eigenvalue weighted by atomic mass is 10.1. The molecule has 0 saturated heterocycles. The number of hydrogen-bond acceptors (Lipinski definition) is 2. The molecular weight excluding hydrogens is 282 g/mol. The van der Waals surface area contributed by atoms with Gasteiger partial charge in [0.1, 0.15) is 6.54 Å². The fourth-order valence-corrected chi connectivity index (χ4v) is 1.44. The maximum atomic E-state index is 13.4. The molecule has 1 aromatic rings. The van der Waals surface area contributed by atoms with Crippen LogP contribution < -0.4 is 0 Å². The zero-order chi connectivity index (χ0) is 15.4. The van der Waals surface area contributed by atoms with E-state index >= 15 is 0 Å². The van der Waals surface area contributed by atoms with Crippen molar-refractivity contribution in [2.75, 3.05) is 13.1 Å². The summed E-state index contributed by atoms with van der Waals surface area (Å²) in [6.45, 7) is 2.15. The Bertz CT molecular complexity index is 574. The number of hydrogen-bond donors (Lipinski definition) is 1. The standard InChI is InChI=1S/C12H9F4NO3/c1-2-3-17(5-8(18)19)12(20)6-4-7(13)10(15)11(16)9(6)14/h2,4H,1,3,5H2,(H,18,19). The van der Waals surface area contributed by atoms with Crippen molar-refractivity contribution < 1.29 is 32.3 Å². The average molecular weight is 291 g/mol. The summed E-state index contributed by atoms with van der Waals surface area (Å²) in [6, 6.07) is 0.175. The van der Waals surface area contributed by atoms with Gasteiger partial charge in [0.2, 0.25) is 0 Å². The van der Waals surface area contributed by atoms with Gasteiger partial charge in [-0.2, -0.15) is 0 Å². The molecule has 20 heavy (non-hydrogen) atoms. The molecule has 0 atom stereocenters. The van der Waals surface area contributed by atoms with Gasteiger partial charge >= 0.3 is 5.97 Å². The van der Waals surface area contributed by atoms with Crippen molar-refractivity contribution in [1.29, 1.82) is 0 Å². The summed E-state index contributed by atoms with van der Waals surface area (Å²) in [5, 5.41) is 8.60. The molecule has 8 heteroatoms. The van der Waals surface area contributed by atoms with Crippen LogP contribution in [0.25, 0.3) is 0 Å². The molecule has 0 aliphatic rings. The lowest BCUT2D eigenvalue weighted by molar-refractivity contribution is -0.137. The van der Waals surface area contributed by atoms with Crippen molar-refractivity contribution >= 4 is 11.9 Å². The summed E-state index contributed by atoms with van der Waals surface area (Å²) in [6.07, 6.45) is 1.15. The van der Waals surface area contributed by atoms with Crippen LogP contribution in [0, 0.1) is 23.3 Å². The Labute approximate surface area is 110 Å². The van der Waals surface area contributed by atoms with Crippen LogP contribution >= 0.6 is 0 Å². The zero-order valence-corrected chi connectivity index (χ0v) is 10.00. The van der Waals surface area contributed by atoms with Crippen LogP contribution in [0.5, 0.6) is 0 Å². The second-order valence-corrected chi connectivity index (χ2v) is 3.72. The molecule has 1 N–H and O–H groups in total. The number of aliphatic carboxylic acids is 1. The maximum Gasteiger partial charge on any atom is 0.323 e. The summed E-state index contributed by atoms with van der Waals surface area (Å²) >= 11 is 0. The zero-order valence-electron chi connectivity index (χ0n) is 10.00. The third kappa shape index (κ3) is 3.14. The van der Waals surface area contributed by atoms with Crippen molar-refractivity contribution in [3.63, 3.8) is 0 Å². The highest BCUT2D eigenvalue weighted by Gasteiger charge is 2.26. The Kier molecular flexibility index (Phi) is 4.84. The highest BCUT2D eigenvalue weighted by Crippen LogP contribution is 2.20. The molecule has 0 bridgehead atoms. The molecule has 0 saturated carbocycles. The largest absolute Gasteiger partial charge is 0.480 e. The summed E-state index contributed by atoms with van der Waals surface area (Å²) in [5.41, 5.74) is -1.09. The molecule has 0 heterocycles. The van der Waals surface area contributed by atoms with Crippen LogP contribution in [0.4, 0.5) is 17.6 Å². The molecule has 0 spiro atoms. The van der Waals surface area contributed by atoms with Crippen LogP contribution in [0.15, 0.2) is 18.7 Å². The third-order valence-corrected chi connectivity index (χ3v) is 2.30. The van der Waals surface area contributed by atoms with E-state index in [-0.39, 0.29) is 12.6 Å². The number of amides is 1. The van der Waals surface area contributed by atoms with E-state index in [0.29, 0.717) is 4.90 Å². The van der Waals surface area contributed by atoms with Gasteiger partial charge in [-0.1, -0.05) is 6.08 Å². The van der Waals surface area contributed by atoms with Crippen LogP contribution in [-0.4, -0.2) is 35.0 Å². The van der Waals surface area contributed by atoms with Crippen molar-refractivity contribution in [2.45, 2.75) is 0 Å². The summed E-state index contributed by atoms with van der Waals surface area (Å²) in [4.78, 5) is 23.0. The van der Waals surface area contributed by atoms with Gasteiger partial charge in [-0.15, -0.1) is 6.58 Å². The van der Waals surface area contributed by atoms with Crippen molar-refractivity contribution in [3.8, 4) is 0 Å². The van der Waals surface area contributed by atoms with E-state index < -0.39 is 47.3 Å². The SMILES string of the molecule is C=CCN(CC(=O)O)C(=O)c1cc(F)c(F)c(F)c1F. The molecule has 0 fully saturated rings. The highest BCUT2D eigenvalue weighted by atomic mass is 19.2. The lowest BCUT2D eigenvalue weighted by Gasteiger charge is -2.19. The molecule has 0 aromatic heterocycles. The normalized spacial score (nSPS) is 10.2. The minimum atomic E-state index is -2.14. The van der Waals surface area contributed by atoms with E-state index in [1.807, 2.05) is 0 Å². The Morgan fingerprint density at radius 3 is 2.30 bits per heavy atom. The summed E-state index contributed by atoms with van der Waals surface area (Å²) in [5.74, 6) is -10.5. The quantitative estimate of drug-likeness (QED) is 0.390. The smallest absolute Gasteiger partial charge is 0.323 e. The molecule has 0 aliphatic carbocycles. The van der Waals surface area contributed by atoms with E-state index in [4.69, 9.17) is 5.11 Å².